The number of rotatable bonds is 0. The van der Waals surface area contributed by atoms with Crippen LogP contribution in [0.25, 0.3) is 0 Å². The maximum atomic E-state index is 4.85. The van der Waals surface area contributed by atoms with E-state index in [0.717, 1.165) is 6.54 Å². The first-order valence-electron chi connectivity index (χ1n) is 1.42. The van der Waals surface area contributed by atoms with Crippen molar-refractivity contribution in [3.05, 3.63) is 0 Å². The maximum absolute atomic E-state index is 4.85. The predicted octanol–water partition coefficient (Wildman–Crippen LogP) is 2.35. The molecule has 0 aromatic carbocycles. The van der Waals surface area contributed by atoms with Crippen molar-refractivity contribution in [2.75, 3.05) is 6.54 Å². The van der Waals surface area contributed by atoms with E-state index >= 15 is 0 Å². The first-order valence-corrected chi connectivity index (χ1v) is 15.0. The van der Waals surface area contributed by atoms with Crippen molar-refractivity contribution < 1.29 is 0 Å². The molecule has 0 fully saturated rings. The molecule has 6 heavy (non-hydrogen) atoms. The standard InChI is InChI=1S/C2H7N.HI3/c1-2-3;1-3-2/h2-3H2,1H3;3H. The van der Waals surface area contributed by atoms with Gasteiger partial charge in [-0.2, -0.15) is 0 Å². The molecule has 42 valence electrons. The molecule has 0 aliphatic heterocycles. The van der Waals surface area contributed by atoms with Crippen molar-refractivity contribution in [1.82, 2.24) is 0 Å². The van der Waals surface area contributed by atoms with E-state index in [0.29, 0.717) is 13.3 Å². The monoisotopic (exact) mass is 427 g/mol. The third-order valence-corrected chi connectivity index (χ3v) is 0. The van der Waals surface area contributed by atoms with Crippen LogP contribution in [0.3, 0.4) is 0 Å². The van der Waals surface area contributed by atoms with Gasteiger partial charge in [-0.05, 0) is 6.54 Å². The van der Waals surface area contributed by atoms with Crippen LogP contribution >= 0.6 is 50.5 Å². The second kappa shape index (κ2) is 15.7. The van der Waals surface area contributed by atoms with Crippen molar-refractivity contribution in [2.24, 2.45) is 5.73 Å². The van der Waals surface area contributed by atoms with Crippen molar-refractivity contribution >= 4 is 50.5 Å². The van der Waals surface area contributed by atoms with E-state index in [1.54, 1.807) is 0 Å². The summed E-state index contributed by atoms with van der Waals surface area (Å²) in [5.41, 5.74) is 4.85. The molecule has 0 saturated carbocycles. The summed E-state index contributed by atoms with van der Waals surface area (Å²) in [7, 11) is 0. The molecule has 0 bridgehead atoms. The molecule has 0 atom stereocenters. The fourth-order valence-electron chi connectivity index (χ4n) is 0. The van der Waals surface area contributed by atoms with Crippen LogP contribution in [-0.4, -0.2) is 6.54 Å². The van der Waals surface area contributed by atoms with E-state index in [-0.39, 0.29) is 0 Å². The van der Waals surface area contributed by atoms with Gasteiger partial charge in [-0.15, -0.1) is 0 Å². The summed E-state index contributed by atoms with van der Waals surface area (Å²) in [5, 5.41) is 0. The Kier molecular flexibility index (Phi) is 28.8. The molecule has 0 unspecified atom stereocenters. The van der Waals surface area contributed by atoms with Gasteiger partial charge in [-0.1, -0.05) is 6.92 Å². The van der Waals surface area contributed by atoms with Crippen molar-refractivity contribution in [1.29, 1.82) is 0 Å². The molecule has 1 nitrogen and oxygen atoms in total. The van der Waals surface area contributed by atoms with Crippen LogP contribution in [0.1, 0.15) is 6.92 Å². The quantitative estimate of drug-likeness (QED) is 0.591. The van der Waals surface area contributed by atoms with Crippen molar-refractivity contribution in [3.8, 4) is 0 Å². The molecule has 0 heterocycles. The fourth-order valence-corrected chi connectivity index (χ4v) is 0. The summed E-state index contributed by atoms with van der Waals surface area (Å²) < 4.78 is 0. The molecule has 0 amide bonds. The van der Waals surface area contributed by atoms with Crippen molar-refractivity contribution in [2.45, 2.75) is 6.92 Å². The van der Waals surface area contributed by atoms with Gasteiger partial charge >= 0.3 is 50.5 Å². The average Bonchev–Trinajstić information content (AvgIpc) is 1.39. The second-order valence-corrected chi connectivity index (χ2v) is 18.0. The van der Waals surface area contributed by atoms with Crippen LogP contribution in [-0.2, 0) is 0 Å². The summed E-state index contributed by atoms with van der Waals surface area (Å²) in [6.07, 6.45) is 0. The van der Waals surface area contributed by atoms with Gasteiger partial charge in [0.05, 0.1) is 0 Å². The Bertz CT molecular complexity index is 10.8. The van der Waals surface area contributed by atoms with Gasteiger partial charge in [-0.25, -0.2) is 0 Å². The Morgan fingerprint density at radius 3 is 1.67 bits per heavy atom. The normalized spacial score (nSPS) is 6.67. The van der Waals surface area contributed by atoms with E-state index in [9.17, 15) is 0 Å². The van der Waals surface area contributed by atoms with E-state index in [1.807, 2.05) is 6.92 Å². The van der Waals surface area contributed by atoms with Gasteiger partial charge in [0.1, 0.15) is 0 Å². The van der Waals surface area contributed by atoms with Gasteiger partial charge in [0, 0.05) is 0 Å². The first-order chi connectivity index (χ1) is 2.83. The minimum absolute atomic E-state index is 0.410. The molecular weight excluding hydrogens is 419 g/mol. The van der Waals surface area contributed by atoms with Gasteiger partial charge in [0.2, 0.25) is 0 Å². The Balaban J connectivity index is 0. The molecule has 0 spiro atoms. The van der Waals surface area contributed by atoms with Crippen molar-refractivity contribution in [3.63, 3.8) is 0 Å². The number of hydrogen-bond donors (Lipinski definition) is 1. The van der Waals surface area contributed by atoms with Crippen LogP contribution in [0.15, 0.2) is 0 Å². The van der Waals surface area contributed by atoms with Crippen LogP contribution < -0.4 is 5.73 Å². The zero-order valence-electron chi connectivity index (χ0n) is 3.45. The molecule has 0 aliphatic carbocycles. The second-order valence-electron chi connectivity index (χ2n) is 0.467. The van der Waals surface area contributed by atoms with E-state index < -0.39 is 0 Å². The SMILES string of the molecule is CCN.I[IH]I. The molecule has 0 aromatic rings. The van der Waals surface area contributed by atoms with Crippen LogP contribution in [0.2, 0.25) is 0 Å². The van der Waals surface area contributed by atoms with Gasteiger partial charge < -0.3 is 5.73 Å². The minimum atomic E-state index is 0.410. The van der Waals surface area contributed by atoms with E-state index in [2.05, 4.69) is 37.2 Å². The zero-order valence-corrected chi connectivity index (χ0v) is 10.1. The summed E-state index contributed by atoms with van der Waals surface area (Å²) in [6.45, 7) is 2.65. The third-order valence-electron chi connectivity index (χ3n) is 0. The Morgan fingerprint density at radius 1 is 1.67 bits per heavy atom. The number of hydrogen-bond acceptors (Lipinski definition) is 1. The van der Waals surface area contributed by atoms with E-state index in [1.165, 1.54) is 0 Å². The molecule has 4 heteroatoms. The topological polar surface area (TPSA) is 26.0 Å². The summed E-state index contributed by atoms with van der Waals surface area (Å²) >= 11 is 5.22. The molecule has 0 rings (SSSR count). The zero-order chi connectivity index (χ0) is 5.41. The van der Waals surface area contributed by atoms with Gasteiger partial charge in [0.25, 0.3) is 0 Å². The summed E-state index contributed by atoms with van der Waals surface area (Å²) in [6, 6.07) is 0. The summed E-state index contributed by atoms with van der Waals surface area (Å²) in [4.78, 5) is 0. The average molecular weight is 427 g/mol. The molecule has 0 radical (unpaired) electrons. The van der Waals surface area contributed by atoms with Crippen LogP contribution in [0, 0.1) is 0 Å². The fraction of sp³-hybridized carbons (Fsp3) is 1.00. The molecule has 2 N–H and O–H groups in total. The molecule has 0 aliphatic rings. The molecule has 0 saturated heterocycles. The molecular formula is C2H8I3N. The Morgan fingerprint density at radius 2 is 1.67 bits per heavy atom. The number of nitrogens with two attached hydrogens (primary N) is 1. The number of halogens is 3. The predicted molar refractivity (Wildman–Crippen MR) is 58.2 cm³/mol. The Labute approximate surface area is 68.4 Å². The Hall–Kier alpha value is 2.15. The van der Waals surface area contributed by atoms with Gasteiger partial charge in [-0.3, -0.25) is 0 Å². The van der Waals surface area contributed by atoms with Crippen LogP contribution in [0.5, 0.6) is 0 Å². The van der Waals surface area contributed by atoms with Crippen LogP contribution in [0.4, 0.5) is 0 Å². The van der Waals surface area contributed by atoms with E-state index in [4.69, 9.17) is 5.73 Å². The molecule has 0 aromatic heterocycles. The van der Waals surface area contributed by atoms with Gasteiger partial charge in [0.15, 0.2) is 0 Å². The summed E-state index contributed by atoms with van der Waals surface area (Å²) in [5.74, 6) is 0. The third kappa shape index (κ3) is 35.3. The first kappa shape index (κ1) is 11.0.